The first-order valence-electron chi connectivity index (χ1n) is 22.7. The number of anilines is 3. The molecule has 12 rings (SSSR count). The molecule has 0 unspecified atom stereocenters. The van der Waals surface area contributed by atoms with Gasteiger partial charge in [0, 0.05) is 27.7 Å². The van der Waals surface area contributed by atoms with E-state index in [9.17, 15) is 0 Å². The summed E-state index contributed by atoms with van der Waals surface area (Å²) < 4.78 is 2.40. The Morgan fingerprint density at radius 2 is 0.758 bits per heavy atom. The van der Waals surface area contributed by atoms with Crippen molar-refractivity contribution in [3.8, 4) is 61.3 Å². The predicted molar refractivity (Wildman–Crippen MR) is 280 cm³/mol. The third-order valence-corrected chi connectivity index (χ3v) is 13.0. The van der Waals surface area contributed by atoms with Crippen LogP contribution >= 0.6 is 0 Å². The van der Waals surface area contributed by atoms with Gasteiger partial charge in [-0.25, -0.2) is 0 Å². The lowest BCUT2D eigenvalue weighted by atomic mass is 9.88. The zero-order valence-corrected chi connectivity index (χ0v) is 36.3. The van der Waals surface area contributed by atoms with Gasteiger partial charge in [-0.05, 0) is 115 Å². The Labute approximate surface area is 385 Å². The highest BCUT2D eigenvalue weighted by atomic mass is 15.2. The molecule has 0 amide bonds. The highest BCUT2D eigenvalue weighted by Crippen LogP contribution is 2.48. The third kappa shape index (κ3) is 6.93. The molecule has 0 atom stereocenters. The largest absolute Gasteiger partial charge is 0.309 e. The fourth-order valence-corrected chi connectivity index (χ4v) is 9.91. The molecule has 0 aliphatic rings. The molecule has 310 valence electrons. The van der Waals surface area contributed by atoms with Crippen LogP contribution in [-0.4, -0.2) is 4.57 Å². The number of hydrogen-bond acceptors (Lipinski definition) is 1. The van der Waals surface area contributed by atoms with Crippen LogP contribution in [0, 0.1) is 0 Å². The van der Waals surface area contributed by atoms with E-state index >= 15 is 0 Å². The molecule has 0 aliphatic heterocycles. The van der Waals surface area contributed by atoms with Crippen molar-refractivity contribution in [1.82, 2.24) is 4.57 Å². The monoisotopic (exact) mass is 840 g/mol. The van der Waals surface area contributed by atoms with Crippen LogP contribution < -0.4 is 4.90 Å². The van der Waals surface area contributed by atoms with Crippen LogP contribution in [0.15, 0.2) is 267 Å². The summed E-state index contributed by atoms with van der Waals surface area (Å²) in [4.78, 5) is 2.48. The lowest BCUT2D eigenvalue weighted by molar-refractivity contribution is 1.18. The van der Waals surface area contributed by atoms with E-state index in [1.807, 2.05) is 0 Å². The van der Waals surface area contributed by atoms with Crippen molar-refractivity contribution in [2.45, 2.75) is 0 Å². The van der Waals surface area contributed by atoms with Gasteiger partial charge in [0.15, 0.2) is 0 Å². The van der Waals surface area contributed by atoms with Crippen LogP contribution in [0.25, 0.3) is 93.9 Å². The molecule has 1 heterocycles. The van der Waals surface area contributed by atoms with Crippen molar-refractivity contribution < 1.29 is 0 Å². The van der Waals surface area contributed by atoms with Crippen molar-refractivity contribution in [2.24, 2.45) is 0 Å². The van der Waals surface area contributed by atoms with E-state index in [0.29, 0.717) is 0 Å². The second kappa shape index (κ2) is 16.8. The fraction of sp³-hybridized carbons (Fsp3) is 0. The maximum atomic E-state index is 2.48. The quantitative estimate of drug-likeness (QED) is 0.141. The van der Waals surface area contributed by atoms with Gasteiger partial charge in [-0.15, -0.1) is 0 Å². The molecule has 66 heavy (non-hydrogen) atoms. The summed E-state index contributed by atoms with van der Waals surface area (Å²) >= 11 is 0. The minimum absolute atomic E-state index is 1.07. The number of rotatable bonds is 9. The van der Waals surface area contributed by atoms with Gasteiger partial charge in [-0.3, -0.25) is 0 Å². The number of aromatic nitrogens is 1. The average Bonchev–Trinajstić information content (AvgIpc) is 3.74. The Balaban J connectivity index is 1.03. The Bertz CT molecular complexity index is 3680. The molecule has 0 aliphatic carbocycles. The molecule has 11 aromatic carbocycles. The minimum atomic E-state index is 1.07. The molecule has 2 nitrogen and oxygen atoms in total. The summed E-state index contributed by atoms with van der Waals surface area (Å²) in [5, 5.41) is 4.91. The van der Waals surface area contributed by atoms with Gasteiger partial charge in [-0.1, -0.05) is 212 Å². The van der Waals surface area contributed by atoms with Gasteiger partial charge in [0.05, 0.1) is 22.4 Å². The first kappa shape index (κ1) is 38.9. The van der Waals surface area contributed by atoms with Gasteiger partial charge in [0.25, 0.3) is 0 Å². The smallest absolute Gasteiger partial charge is 0.0562 e. The van der Waals surface area contributed by atoms with Crippen LogP contribution in [0.2, 0.25) is 0 Å². The van der Waals surface area contributed by atoms with Gasteiger partial charge < -0.3 is 9.47 Å². The predicted octanol–water partition coefficient (Wildman–Crippen LogP) is 17.7. The van der Waals surface area contributed by atoms with E-state index < -0.39 is 0 Å². The van der Waals surface area contributed by atoms with Crippen molar-refractivity contribution in [2.75, 3.05) is 4.90 Å². The Hall–Kier alpha value is -8.72. The normalized spacial score (nSPS) is 11.3. The van der Waals surface area contributed by atoms with Crippen molar-refractivity contribution in [3.63, 3.8) is 0 Å². The van der Waals surface area contributed by atoms with E-state index in [4.69, 9.17) is 0 Å². The molecule has 0 bridgehead atoms. The third-order valence-electron chi connectivity index (χ3n) is 13.0. The first-order valence-corrected chi connectivity index (χ1v) is 22.7. The standard InChI is InChI=1S/C64H44N2/c1-3-19-49(20-4-1)54-24-9-10-25-55(54)56-26-11-12-27-57(56)58-28-13-15-30-60(58)66(63-33-17-32-62-64(63)59-29-14-16-31-61(59)65(62)52-22-5-2-6-23-52)53-42-40-47(41-43-53)46-34-36-48(37-35-46)51-39-38-45-18-7-8-21-50(45)44-51/h1-44H. The molecule has 0 fully saturated rings. The van der Waals surface area contributed by atoms with E-state index in [1.165, 1.54) is 77.1 Å². The highest BCUT2D eigenvalue weighted by Gasteiger charge is 2.24. The summed E-state index contributed by atoms with van der Waals surface area (Å²) in [6.07, 6.45) is 0. The number of nitrogens with zero attached hydrogens (tertiary/aromatic N) is 2. The molecule has 2 heteroatoms. The summed E-state index contributed by atoms with van der Waals surface area (Å²) in [6.45, 7) is 0. The molecule has 0 spiro atoms. The average molecular weight is 841 g/mol. The number of hydrogen-bond donors (Lipinski definition) is 0. The number of para-hydroxylation sites is 3. The summed E-state index contributed by atoms with van der Waals surface area (Å²) in [5.74, 6) is 0. The van der Waals surface area contributed by atoms with Crippen LogP contribution in [0.3, 0.4) is 0 Å². The van der Waals surface area contributed by atoms with Crippen LogP contribution in [-0.2, 0) is 0 Å². The fourth-order valence-electron chi connectivity index (χ4n) is 9.91. The molecular formula is C64H44N2. The van der Waals surface area contributed by atoms with E-state index in [-0.39, 0.29) is 0 Å². The lowest BCUT2D eigenvalue weighted by Gasteiger charge is -2.29. The first-order chi connectivity index (χ1) is 32.8. The molecule has 0 saturated carbocycles. The topological polar surface area (TPSA) is 8.17 Å². The molecule has 0 saturated heterocycles. The maximum absolute atomic E-state index is 2.48. The van der Waals surface area contributed by atoms with Crippen LogP contribution in [0.4, 0.5) is 17.1 Å². The Kier molecular flexibility index (Phi) is 9.89. The Morgan fingerprint density at radius 3 is 1.48 bits per heavy atom. The summed E-state index contributed by atoms with van der Waals surface area (Å²) in [6, 6.07) is 96.9. The van der Waals surface area contributed by atoms with Gasteiger partial charge in [0.2, 0.25) is 0 Å². The van der Waals surface area contributed by atoms with Gasteiger partial charge in [-0.2, -0.15) is 0 Å². The number of fused-ring (bicyclic) bond motifs is 4. The SMILES string of the molecule is c1ccc(-c2ccccc2-c2ccccc2-c2ccccc2N(c2ccc(-c3ccc(-c4ccc5ccccc5c4)cc3)cc2)c2cccc3c2c2ccccc2n3-c2ccccc2)cc1. The van der Waals surface area contributed by atoms with Crippen molar-refractivity contribution in [1.29, 1.82) is 0 Å². The zero-order valence-electron chi connectivity index (χ0n) is 36.3. The highest BCUT2D eigenvalue weighted by molar-refractivity contribution is 6.17. The van der Waals surface area contributed by atoms with Crippen molar-refractivity contribution in [3.05, 3.63) is 267 Å². The van der Waals surface area contributed by atoms with Gasteiger partial charge >= 0.3 is 0 Å². The second-order valence-electron chi connectivity index (χ2n) is 16.9. The molecule has 0 radical (unpaired) electrons. The number of benzene rings is 11. The maximum Gasteiger partial charge on any atom is 0.0562 e. The van der Waals surface area contributed by atoms with E-state index in [0.717, 1.165) is 33.8 Å². The second-order valence-corrected chi connectivity index (χ2v) is 16.9. The zero-order chi connectivity index (χ0) is 43.8. The molecule has 12 aromatic rings. The van der Waals surface area contributed by atoms with Gasteiger partial charge in [0.1, 0.15) is 0 Å². The van der Waals surface area contributed by atoms with E-state index in [2.05, 4.69) is 276 Å². The summed E-state index contributed by atoms with van der Waals surface area (Å²) in [7, 11) is 0. The van der Waals surface area contributed by atoms with Crippen molar-refractivity contribution >= 4 is 49.6 Å². The summed E-state index contributed by atoms with van der Waals surface area (Å²) in [5.41, 5.74) is 18.6. The molecular weight excluding hydrogens is 797 g/mol. The Morgan fingerprint density at radius 1 is 0.273 bits per heavy atom. The molecule has 0 N–H and O–H groups in total. The van der Waals surface area contributed by atoms with Crippen LogP contribution in [0.5, 0.6) is 0 Å². The lowest BCUT2D eigenvalue weighted by Crippen LogP contribution is -2.12. The van der Waals surface area contributed by atoms with Crippen LogP contribution in [0.1, 0.15) is 0 Å². The molecule has 1 aromatic heterocycles. The minimum Gasteiger partial charge on any atom is -0.309 e. The van der Waals surface area contributed by atoms with E-state index in [1.54, 1.807) is 0 Å².